The Bertz CT molecular complexity index is 433. The Labute approximate surface area is 160 Å². The van der Waals surface area contributed by atoms with E-state index >= 15 is 0 Å². The SMILES string of the molecule is CC=CCCSCC1C2CCC(O2)C1CSC(C)CCCC(=O)NO. The molecule has 2 fully saturated rings. The highest BCUT2D eigenvalue weighted by Gasteiger charge is 2.48. The number of thioether (sulfide) groups is 2. The number of rotatable bonds is 12. The highest BCUT2D eigenvalue weighted by Crippen LogP contribution is 2.46. The number of fused-ring (bicyclic) bond motifs is 2. The summed E-state index contributed by atoms with van der Waals surface area (Å²) >= 11 is 4.11. The number of nitrogens with one attached hydrogen (secondary N) is 1. The van der Waals surface area contributed by atoms with Crippen molar-refractivity contribution in [2.75, 3.05) is 17.3 Å². The van der Waals surface area contributed by atoms with Gasteiger partial charge in [-0.15, -0.1) is 0 Å². The maximum atomic E-state index is 11.1. The summed E-state index contributed by atoms with van der Waals surface area (Å²) < 4.78 is 6.21. The summed E-state index contributed by atoms with van der Waals surface area (Å²) in [4.78, 5) is 11.1. The lowest BCUT2D eigenvalue weighted by molar-refractivity contribution is -0.129. The fraction of sp³-hybridized carbons (Fsp3) is 0.842. The number of hydroxylamine groups is 1. The summed E-state index contributed by atoms with van der Waals surface area (Å²) in [6, 6.07) is 0. The molecule has 144 valence electrons. The van der Waals surface area contributed by atoms with Gasteiger partial charge < -0.3 is 4.74 Å². The monoisotopic (exact) mass is 387 g/mol. The van der Waals surface area contributed by atoms with E-state index in [-0.39, 0.29) is 5.91 Å². The molecule has 0 aromatic heterocycles. The third-order valence-electron chi connectivity index (χ3n) is 5.28. The minimum atomic E-state index is -0.284. The first-order chi connectivity index (χ1) is 12.2. The number of ether oxygens (including phenoxy) is 1. The molecule has 2 rings (SSSR count). The molecular weight excluding hydrogens is 354 g/mol. The van der Waals surface area contributed by atoms with Gasteiger partial charge in [0.2, 0.25) is 5.91 Å². The molecule has 2 N–H and O–H groups in total. The summed E-state index contributed by atoms with van der Waals surface area (Å²) in [6.45, 7) is 4.33. The predicted molar refractivity (Wildman–Crippen MR) is 107 cm³/mol. The molecule has 0 radical (unpaired) electrons. The Morgan fingerprint density at radius 1 is 1.32 bits per heavy atom. The summed E-state index contributed by atoms with van der Waals surface area (Å²) in [7, 11) is 0. The van der Waals surface area contributed by atoms with Crippen molar-refractivity contribution in [1.29, 1.82) is 0 Å². The Hall–Kier alpha value is -0.170. The highest BCUT2D eigenvalue weighted by atomic mass is 32.2. The maximum absolute atomic E-state index is 11.1. The van der Waals surface area contributed by atoms with Gasteiger partial charge in [0.1, 0.15) is 0 Å². The average Bonchev–Trinajstić information content (AvgIpc) is 3.21. The molecule has 25 heavy (non-hydrogen) atoms. The average molecular weight is 388 g/mol. The van der Waals surface area contributed by atoms with Crippen molar-refractivity contribution in [2.45, 2.75) is 69.8 Å². The van der Waals surface area contributed by atoms with E-state index in [9.17, 15) is 4.79 Å². The van der Waals surface area contributed by atoms with Crippen LogP contribution in [0.1, 0.15) is 52.4 Å². The molecule has 0 aromatic rings. The number of hydrogen-bond donors (Lipinski definition) is 2. The molecular formula is C19H33NO3S2. The maximum Gasteiger partial charge on any atom is 0.243 e. The smallest absolute Gasteiger partial charge is 0.243 e. The van der Waals surface area contributed by atoms with E-state index in [2.05, 4.69) is 37.8 Å². The lowest BCUT2D eigenvalue weighted by atomic mass is 9.81. The zero-order valence-corrected chi connectivity index (χ0v) is 17.1. The fourth-order valence-electron chi connectivity index (χ4n) is 3.83. The molecule has 4 nitrogen and oxygen atoms in total. The number of amides is 1. The van der Waals surface area contributed by atoms with Gasteiger partial charge in [0, 0.05) is 23.5 Å². The molecule has 2 heterocycles. The summed E-state index contributed by atoms with van der Waals surface area (Å²) in [6.07, 6.45) is 11.3. The van der Waals surface area contributed by atoms with Gasteiger partial charge in [-0.1, -0.05) is 19.1 Å². The molecule has 5 atom stereocenters. The third kappa shape index (κ3) is 6.81. The van der Waals surface area contributed by atoms with Crippen LogP contribution >= 0.6 is 23.5 Å². The van der Waals surface area contributed by atoms with E-state index in [1.54, 1.807) is 5.48 Å². The minimum Gasteiger partial charge on any atom is -0.374 e. The fourth-order valence-corrected chi connectivity index (χ4v) is 6.38. The summed E-state index contributed by atoms with van der Waals surface area (Å²) in [5.74, 6) is 4.74. The minimum absolute atomic E-state index is 0.284. The quantitative estimate of drug-likeness (QED) is 0.227. The van der Waals surface area contributed by atoms with Gasteiger partial charge in [0.15, 0.2) is 0 Å². The Morgan fingerprint density at radius 2 is 2.04 bits per heavy atom. The van der Waals surface area contributed by atoms with E-state index in [0.717, 1.165) is 12.8 Å². The van der Waals surface area contributed by atoms with Crippen LogP contribution in [0.15, 0.2) is 12.2 Å². The van der Waals surface area contributed by atoms with Crippen LogP contribution in [0.4, 0.5) is 0 Å². The largest absolute Gasteiger partial charge is 0.374 e. The van der Waals surface area contributed by atoms with Crippen LogP contribution in [-0.2, 0) is 9.53 Å². The molecule has 0 saturated carbocycles. The van der Waals surface area contributed by atoms with Gasteiger partial charge in [-0.25, -0.2) is 5.48 Å². The molecule has 2 bridgehead atoms. The molecule has 5 unspecified atom stereocenters. The van der Waals surface area contributed by atoms with Crippen molar-refractivity contribution in [3.05, 3.63) is 12.2 Å². The van der Waals surface area contributed by atoms with Gasteiger partial charge in [-0.05, 0) is 56.3 Å². The second-order valence-electron chi connectivity index (χ2n) is 7.12. The molecule has 0 aromatic carbocycles. The van der Waals surface area contributed by atoms with E-state index in [0.29, 0.717) is 35.7 Å². The second-order valence-corrected chi connectivity index (χ2v) is 9.74. The first kappa shape index (κ1) is 21.1. The number of carbonyl (C=O) groups excluding carboxylic acids is 1. The molecule has 2 aliphatic heterocycles. The van der Waals surface area contributed by atoms with Gasteiger partial charge >= 0.3 is 0 Å². The standard InChI is InChI=1S/C19H33NO3S2/c1-3-4-5-11-24-12-15-16(18-10-9-17(15)23-18)13-25-14(2)7-6-8-19(21)20-22/h3-4,14-18,22H,5-13H2,1-2H3,(H,20,21). The highest BCUT2D eigenvalue weighted by molar-refractivity contribution is 8.00. The number of allylic oxidation sites excluding steroid dienone is 2. The zero-order valence-electron chi connectivity index (χ0n) is 15.5. The molecule has 0 spiro atoms. The van der Waals surface area contributed by atoms with Crippen LogP contribution < -0.4 is 5.48 Å². The van der Waals surface area contributed by atoms with Crippen LogP contribution in [0.5, 0.6) is 0 Å². The van der Waals surface area contributed by atoms with E-state index < -0.39 is 0 Å². The first-order valence-corrected chi connectivity index (χ1v) is 11.7. The molecule has 0 aliphatic carbocycles. The van der Waals surface area contributed by atoms with Crippen molar-refractivity contribution >= 4 is 29.4 Å². The van der Waals surface area contributed by atoms with Crippen molar-refractivity contribution in [1.82, 2.24) is 5.48 Å². The first-order valence-electron chi connectivity index (χ1n) is 9.54. The predicted octanol–water partition coefficient (Wildman–Crippen LogP) is 4.28. The lowest BCUT2D eigenvalue weighted by Crippen LogP contribution is -2.31. The normalized spacial score (nSPS) is 29.4. The second kappa shape index (κ2) is 11.5. The topological polar surface area (TPSA) is 58.6 Å². The van der Waals surface area contributed by atoms with Crippen LogP contribution in [0.25, 0.3) is 0 Å². The molecule has 1 amide bonds. The van der Waals surface area contributed by atoms with Crippen LogP contribution in [0.3, 0.4) is 0 Å². The molecule has 2 aliphatic rings. The summed E-state index contributed by atoms with van der Waals surface area (Å²) in [5, 5.41) is 9.08. The molecule has 2 saturated heterocycles. The molecule has 6 heteroatoms. The van der Waals surface area contributed by atoms with Crippen LogP contribution in [0.2, 0.25) is 0 Å². The third-order valence-corrected chi connectivity index (χ3v) is 7.80. The number of hydrogen-bond acceptors (Lipinski definition) is 5. The Morgan fingerprint density at radius 3 is 2.72 bits per heavy atom. The van der Waals surface area contributed by atoms with Crippen molar-refractivity contribution in [2.24, 2.45) is 11.8 Å². The van der Waals surface area contributed by atoms with Gasteiger partial charge in [0.05, 0.1) is 12.2 Å². The van der Waals surface area contributed by atoms with Gasteiger partial charge in [-0.2, -0.15) is 23.5 Å². The van der Waals surface area contributed by atoms with E-state index in [4.69, 9.17) is 9.94 Å². The van der Waals surface area contributed by atoms with Crippen molar-refractivity contribution < 1.29 is 14.7 Å². The van der Waals surface area contributed by atoms with Crippen LogP contribution in [0, 0.1) is 11.8 Å². The lowest BCUT2D eigenvalue weighted by Gasteiger charge is -2.28. The number of carbonyl (C=O) groups is 1. The zero-order chi connectivity index (χ0) is 18.1. The summed E-state index contributed by atoms with van der Waals surface area (Å²) in [5.41, 5.74) is 1.70. The van der Waals surface area contributed by atoms with Crippen molar-refractivity contribution in [3.63, 3.8) is 0 Å². The van der Waals surface area contributed by atoms with E-state index in [1.807, 2.05) is 11.8 Å². The van der Waals surface area contributed by atoms with Crippen molar-refractivity contribution in [3.8, 4) is 0 Å². The van der Waals surface area contributed by atoms with E-state index in [1.165, 1.54) is 36.5 Å². The van der Waals surface area contributed by atoms with Crippen LogP contribution in [-0.4, -0.2) is 45.8 Å². The Balaban J connectivity index is 1.68. The van der Waals surface area contributed by atoms with Gasteiger partial charge in [-0.3, -0.25) is 10.0 Å². The Kier molecular flexibility index (Phi) is 9.74. The van der Waals surface area contributed by atoms with Gasteiger partial charge in [0.25, 0.3) is 0 Å².